The Morgan fingerprint density at radius 3 is 2.26 bits per heavy atom. The summed E-state index contributed by atoms with van der Waals surface area (Å²) in [5, 5.41) is 0. The van der Waals surface area contributed by atoms with Crippen molar-refractivity contribution in [2.75, 3.05) is 31.1 Å². The van der Waals surface area contributed by atoms with Crippen LogP contribution in [0, 0.1) is 11.6 Å². The van der Waals surface area contributed by atoms with Gasteiger partial charge in [-0.05, 0) is 61.8 Å². The quantitative estimate of drug-likeness (QED) is 0.496. The van der Waals surface area contributed by atoms with Crippen molar-refractivity contribution < 1.29 is 39.9 Å². The van der Waals surface area contributed by atoms with E-state index in [0.717, 1.165) is 41.3 Å². The molecule has 184 valence electrons. The van der Waals surface area contributed by atoms with Crippen molar-refractivity contribution >= 4 is 11.6 Å². The number of hydrogen-bond donors (Lipinski definition) is 0. The minimum Gasteiger partial charge on any atom is -0.307 e. The van der Waals surface area contributed by atoms with Gasteiger partial charge in [-0.15, -0.1) is 0 Å². The van der Waals surface area contributed by atoms with Crippen LogP contribution in [0.15, 0.2) is 36.4 Å². The van der Waals surface area contributed by atoms with E-state index in [1.807, 2.05) is 0 Å². The molecular weight excluding hydrogens is 472 g/mol. The van der Waals surface area contributed by atoms with E-state index < -0.39 is 52.9 Å². The fourth-order valence-corrected chi connectivity index (χ4v) is 4.76. The summed E-state index contributed by atoms with van der Waals surface area (Å²) in [6.07, 6.45) is -9.54. The third-order valence-corrected chi connectivity index (χ3v) is 6.60. The summed E-state index contributed by atoms with van der Waals surface area (Å²) in [6, 6.07) is 6.00. The molecule has 0 unspecified atom stereocenters. The molecule has 0 radical (unpaired) electrons. The van der Waals surface area contributed by atoms with Crippen molar-refractivity contribution in [3.63, 3.8) is 0 Å². The molecule has 1 fully saturated rings. The molecule has 0 aliphatic carbocycles. The highest BCUT2D eigenvalue weighted by atomic mass is 19.4. The molecule has 2 aliphatic heterocycles. The average molecular weight is 492 g/mol. The van der Waals surface area contributed by atoms with Gasteiger partial charge in [0.25, 0.3) is 5.91 Å². The van der Waals surface area contributed by atoms with Gasteiger partial charge in [-0.2, -0.15) is 26.3 Å². The van der Waals surface area contributed by atoms with Gasteiger partial charge in [0.05, 0.1) is 17.5 Å². The molecule has 3 nitrogen and oxygen atoms in total. The molecule has 0 aromatic heterocycles. The van der Waals surface area contributed by atoms with E-state index in [2.05, 4.69) is 0 Å². The first-order valence-electron chi connectivity index (χ1n) is 10.6. The lowest BCUT2D eigenvalue weighted by Crippen LogP contribution is -2.46. The number of carbonyl (C=O) groups is 1. The number of benzene rings is 2. The maximum atomic E-state index is 14.3. The van der Waals surface area contributed by atoms with Gasteiger partial charge in [-0.1, -0.05) is 6.07 Å². The third kappa shape index (κ3) is 4.62. The van der Waals surface area contributed by atoms with E-state index in [9.17, 15) is 39.9 Å². The van der Waals surface area contributed by atoms with Gasteiger partial charge in [-0.25, -0.2) is 8.78 Å². The number of halogens is 8. The minimum absolute atomic E-state index is 0.0778. The Kier molecular flexibility index (Phi) is 6.12. The SMILES string of the molecule is O=C(c1cccc(F)c1F)N1CC2(CCN(CCC(F)(F)F)CC2)c2cc(C(F)(F)F)ccc21. The topological polar surface area (TPSA) is 23.6 Å². The predicted molar refractivity (Wildman–Crippen MR) is 108 cm³/mol. The second-order valence-electron chi connectivity index (χ2n) is 8.71. The zero-order valence-corrected chi connectivity index (χ0v) is 17.7. The van der Waals surface area contributed by atoms with Gasteiger partial charge in [0.1, 0.15) is 0 Å². The number of alkyl halides is 6. The van der Waals surface area contributed by atoms with Crippen LogP contribution in [-0.2, 0) is 11.6 Å². The van der Waals surface area contributed by atoms with Gasteiger partial charge < -0.3 is 9.80 Å². The van der Waals surface area contributed by atoms with Crippen molar-refractivity contribution in [3.05, 3.63) is 64.7 Å². The highest BCUT2D eigenvalue weighted by Crippen LogP contribution is 2.49. The van der Waals surface area contributed by atoms with Crippen molar-refractivity contribution in [3.8, 4) is 0 Å². The molecule has 2 heterocycles. The molecule has 0 bridgehead atoms. The largest absolute Gasteiger partial charge is 0.416 e. The summed E-state index contributed by atoms with van der Waals surface area (Å²) >= 11 is 0. The number of amides is 1. The molecule has 34 heavy (non-hydrogen) atoms. The average Bonchev–Trinajstić information content (AvgIpc) is 3.07. The van der Waals surface area contributed by atoms with Crippen LogP contribution < -0.4 is 4.90 Å². The van der Waals surface area contributed by atoms with Crippen molar-refractivity contribution in [2.24, 2.45) is 0 Å². The number of likely N-dealkylation sites (tertiary alicyclic amines) is 1. The summed E-state index contributed by atoms with van der Waals surface area (Å²) in [4.78, 5) is 15.9. The maximum absolute atomic E-state index is 14.3. The number of hydrogen-bond acceptors (Lipinski definition) is 2. The highest BCUT2D eigenvalue weighted by molar-refractivity contribution is 6.08. The van der Waals surface area contributed by atoms with E-state index in [-0.39, 0.29) is 50.3 Å². The van der Waals surface area contributed by atoms with Gasteiger partial charge in [0, 0.05) is 24.2 Å². The van der Waals surface area contributed by atoms with Crippen LogP contribution >= 0.6 is 0 Å². The molecule has 2 aromatic rings. The van der Waals surface area contributed by atoms with E-state index in [0.29, 0.717) is 0 Å². The van der Waals surface area contributed by atoms with Crippen LogP contribution in [0.5, 0.6) is 0 Å². The van der Waals surface area contributed by atoms with Gasteiger partial charge in [0.15, 0.2) is 11.6 Å². The smallest absolute Gasteiger partial charge is 0.307 e. The number of fused-ring (bicyclic) bond motifs is 2. The Labute approximate surface area is 189 Å². The van der Waals surface area contributed by atoms with E-state index >= 15 is 0 Å². The normalized spacial score (nSPS) is 18.4. The number of anilines is 1. The Morgan fingerprint density at radius 1 is 0.971 bits per heavy atom. The summed E-state index contributed by atoms with van der Waals surface area (Å²) in [5.41, 5.74) is -2.01. The Hall–Kier alpha value is -2.69. The summed E-state index contributed by atoms with van der Waals surface area (Å²) < 4.78 is 106. The van der Waals surface area contributed by atoms with Crippen LogP contribution in [-0.4, -0.2) is 43.2 Å². The minimum atomic E-state index is -4.64. The zero-order chi connectivity index (χ0) is 24.9. The monoisotopic (exact) mass is 492 g/mol. The first-order valence-corrected chi connectivity index (χ1v) is 10.6. The van der Waals surface area contributed by atoms with Crippen molar-refractivity contribution in [2.45, 2.75) is 37.0 Å². The summed E-state index contributed by atoms with van der Waals surface area (Å²) in [6.45, 7) is 0.0853. The lowest BCUT2D eigenvalue weighted by atomic mass is 9.74. The number of rotatable bonds is 3. The van der Waals surface area contributed by atoms with Crippen LogP contribution in [0.3, 0.4) is 0 Å². The van der Waals surface area contributed by atoms with Crippen LogP contribution in [0.2, 0.25) is 0 Å². The molecule has 0 N–H and O–H groups in total. The third-order valence-electron chi connectivity index (χ3n) is 6.60. The fraction of sp³-hybridized carbons (Fsp3) is 0.435. The molecule has 2 aliphatic rings. The molecule has 2 aromatic carbocycles. The van der Waals surface area contributed by atoms with Gasteiger partial charge in [0.2, 0.25) is 0 Å². The number of piperidine rings is 1. The van der Waals surface area contributed by atoms with Gasteiger partial charge >= 0.3 is 12.4 Å². The molecule has 11 heteroatoms. The Morgan fingerprint density at radius 2 is 1.65 bits per heavy atom. The molecular formula is C23H20F8N2O. The predicted octanol–water partition coefficient (Wildman–Crippen LogP) is 5.93. The summed E-state index contributed by atoms with van der Waals surface area (Å²) in [5.74, 6) is -3.48. The molecule has 1 saturated heterocycles. The summed E-state index contributed by atoms with van der Waals surface area (Å²) in [7, 11) is 0. The fourth-order valence-electron chi connectivity index (χ4n) is 4.76. The second-order valence-corrected chi connectivity index (χ2v) is 8.71. The van der Waals surface area contributed by atoms with Crippen molar-refractivity contribution in [1.82, 2.24) is 4.90 Å². The lowest BCUT2D eigenvalue weighted by Gasteiger charge is -2.40. The molecule has 0 atom stereocenters. The second kappa shape index (κ2) is 8.51. The van der Waals surface area contributed by atoms with Crippen LogP contribution in [0.25, 0.3) is 0 Å². The van der Waals surface area contributed by atoms with E-state index in [1.165, 1.54) is 0 Å². The molecule has 1 spiro atoms. The zero-order valence-electron chi connectivity index (χ0n) is 17.7. The van der Waals surface area contributed by atoms with E-state index in [4.69, 9.17) is 0 Å². The maximum Gasteiger partial charge on any atom is 0.416 e. The first-order chi connectivity index (χ1) is 15.8. The first kappa shape index (κ1) is 24.4. The Bertz CT molecular complexity index is 1090. The number of nitrogens with zero attached hydrogens (tertiary/aromatic N) is 2. The van der Waals surface area contributed by atoms with Gasteiger partial charge in [-0.3, -0.25) is 4.79 Å². The Balaban J connectivity index is 1.67. The van der Waals surface area contributed by atoms with E-state index in [1.54, 1.807) is 4.90 Å². The molecule has 1 amide bonds. The standard InChI is InChI=1S/C23H20F8N2O/c24-17-3-1-2-15(19(17)25)20(34)33-13-21(6-9-32(10-7-21)11-8-22(26,27)28)16-12-14(23(29,30)31)4-5-18(16)33/h1-5,12H,6-11,13H2. The molecule has 0 saturated carbocycles. The van der Waals surface area contributed by atoms with Crippen molar-refractivity contribution in [1.29, 1.82) is 0 Å². The van der Waals surface area contributed by atoms with Crippen LogP contribution in [0.4, 0.5) is 40.8 Å². The highest BCUT2D eigenvalue weighted by Gasteiger charge is 2.48. The lowest BCUT2D eigenvalue weighted by molar-refractivity contribution is -0.138. The number of carbonyl (C=O) groups excluding carboxylic acids is 1. The molecule has 4 rings (SSSR count). The van der Waals surface area contributed by atoms with Crippen LogP contribution in [0.1, 0.15) is 40.7 Å².